The molecule has 1 aromatic heterocycles. The van der Waals surface area contributed by atoms with Crippen LogP contribution in [0.25, 0.3) is 0 Å². The number of nitrogens with one attached hydrogen (secondary N) is 1. The Kier molecular flexibility index (Phi) is 4.68. The summed E-state index contributed by atoms with van der Waals surface area (Å²) >= 11 is 0. The van der Waals surface area contributed by atoms with Crippen molar-refractivity contribution < 1.29 is 0 Å². The van der Waals surface area contributed by atoms with E-state index in [9.17, 15) is 9.59 Å². The zero-order chi connectivity index (χ0) is 12.8. The second-order valence-electron chi connectivity index (χ2n) is 3.70. The Morgan fingerprint density at radius 1 is 1.53 bits per heavy atom. The van der Waals surface area contributed by atoms with Crippen LogP contribution in [0, 0.1) is 0 Å². The highest BCUT2D eigenvalue weighted by molar-refractivity contribution is 5.55. The highest BCUT2D eigenvalue weighted by Crippen LogP contribution is 2.02. The second-order valence-corrected chi connectivity index (χ2v) is 3.70. The van der Waals surface area contributed by atoms with E-state index in [2.05, 4.69) is 10.1 Å². The first-order valence-corrected chi connectivity index (χ1v) is 5.66. The molecule has 17 heavy (non-hydrogen) atoms. The Balaban J connectivity index is 3.09. The highest BCUT2D eigenvalue weighted by atomic mass is 16.2. The predicted molar refractivity (Wildman–Crippen MR) is 68.8 cm³/mol. The summed E-state index contributed by atoms with van der Waals surface area (Å²) in [7, 11) is 1.67. The predicted octanol–water partition coefficient (Wildman–Crippen LogP) is 0.779. The number of hydrogen-bond acceptors (Lipinski definition) is 4. The molecule has 0 aromatic carbocycles. The van der Waals surface area contributed by atoms with Crippen LogP contribution in [0.1, 0.15) is 26.7 Å². The van der Waals surface area contributed by atoms with Gasteiger partial charge in [-0.3, -0.25) is 19.4 Å². The van der Waals surface area contributed by atoms with Crippen LogP contribution in [-0.2, 0) is 6.54 Å². The molecule has 0 aliphatic rings. The lowest BCUT2D eigenvalue weighted by molar-refractivity contribution is 0.582. The number of anilines is 1. The number of aromatic nitrogens is 2. The van der Waals surface area contributed by atoms with E-state index >= 15 is 0 Å². The Hall–Kier alpha value is -1.85. The lowest BCUT2D eigenvalue weighted by Crippen LogP contribution is -2.36. The molecular weight excluding hydrogens is 220 g/mol. The summed E-state index contributed by atoms with van der Waals surface area (Å²) in [6.07, 6.45) is 3.33. The number of rotatable bonds is 5. The first-order valence-electron chi connectivity index (χ1n) is 5.66. The molecule has 94 valence electrons. The number of unbranched alkanes of at least 4 members (excludes halogenated alkanes) is 1. The molecule has 0 unspecified atom stereocenters. The molecule has 0 bridgehead atoms. The number of hydrazone groups is 1. The molecule has 1 N–H and O–H groups in total. The van der Waals surface area contributed by atoms with Gasteiger partial charge in [-0.25, -0.2) is 4.79 Å². The fourth-order valence-corrected chi connectivity index (χ4v) is 1.45. The Labute approximate surface area is 99.6 Å². The lowest BCUT2D eigenvalue weighted by Gasteiger charge is -2.12. The molecule has 0 saturated carbocycles. The number of aromatic amines is 1. The normalized spacial score (nSPS) is 11.0. The summed E-state index contributed by atoms with van der Waals surface area (Å²) in [5, 5.41) is 5.41. The third-order valence-electron chi connectivity index (χ3n) is 2.38. The van der Waals surface area contributed by atoms with Crippen LogP contribution in [0.5, 0.6) is 0 Å². The van der Waals surface area contributed by atoms with Crippen LogP contribution in [0.2, 0.25) is 0 Å². The van der Waals surface area contributed by atoms with E-state index in [1.165, 1.54) is 15.6 Å². The largest absolute Gasteiger partial charge is 0.329 e. The summed E-state index contributed by atoms with van der Waals surface area (Å²) in [6, 6.07) is 1.38. The molecule has 0 aliphatic heterocycles. The van der Waals surface area contributed by atoms with Crippen LogP contribution >= 0.6 is 0 Å². The molecule has 0 amide bonds. The van der Waals surface area contributed by atoms with Gasteiger partial charge in [-0.2, -0.15) is 5.10 Å². The quantitative estimate of drug-likeness (QED) is 0.608. The average molecular weight is 238 g/mol. The maximum Gasteiger partial charge on any atom is 0.329 e. The Morgan fingerprint density at radius 3 is 2.76 bits per heavy atom. The van der Waals surface area contributed by atoms with Crippen LogP contribution in [0.3, 0.4) is 0 Å². The van der Waals surface area contributed by atoms with Crippen molar-refractivity contribution in [3.8, 4) is 0 Å². The monoisotopic (exact) mass is 238 g/mol. The first-order chi connectivity index (χ1) is 8.10. The minimum absolute atomic E-state index is 0.296. The lowest BCUT2D eigenvalue weighted by atomic mass is 10.3. The summed E-state index contributed by atoms with van der Waals surface area (Å²) in [6.45, 7) is 4.22. The van der Waals surface area contributed by atoms with Crippen molar-refractivity contribution in [3.63, 3.8) is 0 Å². The fourth-order valence-electron chi connectivity index (χ4n) is 1.45. The van der Waals surface area contributed by atoms with E-state index in [0.717, 1.165) is 12.8 Å². The van der Waals surface area contributed by atoms with Gasteiger partial charge in [0.15, 0.2) is 0 Å². The van der Waals surface area contributed by atoms with Crippen molar-refractivity contribution in [1.82, 2.24) is 9.55 Å². The smallest absolute Gasteiger partial charge is 0.292 e. The fraction of sp³-hybridized carbons (Fsp3) is 0.545. The third kappa shape index (κ3) is 3.30. The minimum atomic E-state index is -0.390. The van der Waals surface area contributed by atoms with Crippen molar-refractivity contribution in [1.29, 1.82) is 0 Å². The van der Waals surface area contributed by atoms with Gasteiger partial charge in [0, 0.05) is 25.9 Å². The first kappa shape index (κ1) is 13.2. The van der Waals surface area contributed by atoms with Crippen molar-refractivity contribution in [2.45, 2.75) is 33.2 Å². The average Bonchev–Trinajstić information content (AvgIpc) is 2.28. The van der Waals surface area contributed by atoms with Gasteiger partial charge in [-0.15, -0.1) is 0 Å². The molecule has 0 atom stereocenters. The van der Waals surface area contributed by atoms with Gasteiger partial charge >= 0.3 is 5.69 Å². The molecule has 6 heteroatoms. The molecule has 0 fully saturated rings. The van der Waals surface area contributed by atoms with Crippen molar-refractivity contribution >= 4 is 12.0 Å². The molecule has 0 saturated heterocycles. The van der Waals surface area contributed by atoms with Gasteiger partial charge in [0.2, 0.25) is 0 Å². The molecule has 0 radical (unpaired) electrons. The molecule has 6 nitrogen and oxygen atoms in total. The molecule has 0 spiro atoms. The standard InChI is InChI=1S/C11H18N4O2/c1-4-6-7-15-10(16)8-9(13-11(15)17)14(3)12-5-2/h5,8H,4,6-7H2,1-3H3,(H,13,17). The number of H-pyrrole nitrogens is 1. The molecule has 1 aromatic rings. The Bertz CT molecular complexity index is 470. The summed E-state index contributed by atoms with van der Waals surface area (Å²) in [4.78, 5) is 26.1. The van der Waals surface area contributed by atoms with Gasteiger partial charge in [-0.05, 0) is 13.3 Å². The van der Waals surface area contributed by atoms with Gasteiger partial charge < -0.3 is 0 Å². The molecule has 1 heterocycles. The molecule has 0 aliphatic carbocycles. The number of hydrogen-bond donors (Lipinski definition) is 1. The van der Waals surface area contributed by atoms with E-state index in [4.69, 9.17) is 0 Å². The topological polar surface area (TPSA) is 70.5 Å². The third-order valence-corrected chi connectivity index (χ3v) is 2.38. The van der Waals surface area contributed by atoms with Gasteiger partial charge in [0.25, 0.3) is 5.56 Å². The maximum atomic E-state index is 11.7. The zero-order valence-electron chi connectivity index (χ0n) is 10.4. The molecule has 1 rings (SSSR count). The summed E-state index contributed by atoms with van der Waals surface area (Å²) in [5.41, 5.74) is -0.686. The maximum absolute atomic E-state index is 11.7. The highest BCUT2D eigenvalue weighted by Gasteiger charge is 2.06. The molecular formula is C11H18N4O2. The SMILES string of the molecule is CC=NN(C)c1cc(=O)n(CCCC)c(=O)[nH]1. The van der Waals surface area contributed by atoms with E-state index in [0.29, 0.717) is 12.4 Å². The van der Waals surface area contributed by atoms with Crippen LogP contribution < -0.4 is 16.3 Å². The van der Waals surface area contributed by atoms with Crippen molar-refractivity contribution in [3.05, 3.63) is 26.9 Å². The van der Waals surface area contributed by atoms with Crippen LogP contribution in [0.15, 0.2) is 20.8 Å². The Morgan fingerprint density at radius 2 is 2.24 bits per heavy atom. The van der Waals surface area contributed by atoms with Crippen LogP contribution in [0.4, 0.5) is 5.82 Å². The minimum Gasteiger partial charge on any atom is -0.292 e. The second kappa shape index (κ2) is 6.03. The summed E-state index contributed by atoms with van der Waals surface area (Å²) < 4.78 is 1.20. The number of nitrogens with zero attached hydrogens (tertiary/aromatic N) is 3. The zero-order valence-corrected chi connectivity index (χ0v) is 10.4. The van der Waals surface area contributed by atoms with Crippen molar-refractivity contribution in [2.24, 2.45) is 5.10 Å². The summed E-state index contributed by atoms with van der Waals surface area (Å²) in [5.74, 6) is 0.394. The van der Waals surface area contributed by atoms with E-state index < -0.39 is 0 Å². The van der Waals surface area contributed by atoms with Gasteiger partial charge in [0.05, 0.1) is 0 Å². The van der Waals surface area contributed by atoms with Gasteiger partial charge in [-0.1, -0.05) is 13.3 Å². The van der Waals surface area contributed by atoms with E-state index in [-0.39, 0.29) is 11.2 Å². The van der Waals surface area contributed by atoms with Gasteiger partial charge in [0.1, 0.15) is 5.82 Å². The van der Waals surface area contributed by atoms with Crippen molar-refractivity contribution in [2.75, 3.05) is 12.1 Å². The van der Waals surface area contributed by atoms with E-state index in [1.54, 1.807) is 20.2 Å². The van der Waals surface area contributed by atoms with E-state index in [1.807, 2.05) is 6.92 Å². The van der Waals surface area contributed by atoms with Crippen LogP contribution in [-0.4, -0.2) is 22.8 Å².